The van der Waals surface area contributed by atoms with Gasteiger partial charge in [-0.2, -0.15) is 0 Å². The van der Waals surface area contributed by atoms with Crippen LogP contribution in [0.15, 0.2) is 59.8 Å². The highest BCUT2D eigenvalue weighted by atomic mass is 35.5. The van der Waals surface area contributed by atoms with E-state index >= 15 is 0 Å². The van der Waals surface area contributed by atoms with E-state index in [1.54, 1.807) is 0 Å². The van der Waals surface area contributed by atoms with Crippen molar-refractivity contribution in [1.82, 2.24) is 19.5 Å². The highest BCUT2D eigenvalue weighted by Crippen LogP contribution is 2.22. The highest BCUT2D eigenvalue weighted by Gasteiger charge is 2.13. The number of amides is 1. The molecule has 1 N–H and O–H groups in total. The van der Waals surface area contributed by atoms with Gasteiger partial charge in [0.1, 0.15) is 24.1 Å². The lowest BCUT2D eigenvalue weighted by molar-refractivity contribution is -0.116. The molecular formula is C20H12ClF2N5O2. The Labute approximate surface area is 173 Å². The van der Waals surface area contributed by atoms with E-state index in [9.17, 15) is 18.4 Å². The van der Waals surface area contributed by atoms with Crippen molar-refractivity contribution in [2.24, 2.45) is 0 Å². The van der Waals surface area contributed by atoms with Crippen molar-refractivity contribution in [3.63, 3.8) is 0 Å². The van der Waals surface area contributed by atoms with Crippen LogP contribution in [0.1, 0.15) is 0 Å². The molecule has 0 radical (unpaired) electrons. The fourth-order valence-corrected chi connectivity index (χ4v) is 2.92. The normalized spacial score (nSPS) is 10.9. The molecule has 0 atom stereocenters. The van der Waals surface area contributed by atoms with Gasteiger partial charge >= 0.3 is 0 Å². The topological polar surface area (TPSA) is 89.8 Å². The molecule has 7 nitrogen and oxygen atoms in total. The Morgan fingerprint density at radius 3 is 2.63 bits per heavy atom. The first kappa shape index (κ1) is 19.6. The molecule has 4 rings (SSSR count). The van der Waals surface area contributed by atoms with E-state index in [0.717, 1.165) is 4.57 Å². The molecule has 0 fully saturated rings. The molecule has 0 unspecified atom stereocenters. The zero-order valence-corrected chi connectivity index (χ0v) is 15.9. The lowest BCUT2D eigenvalue weighted by Crippen LogP contribution is -2.28. The number of halogens is 3. The summed E-state index contributed by atoms with van der Waals surface area (Å²) in [5, 5.41) is 2.33. The number of carbonyl (C=O) groups excluding carboxylic acids is 1. The van der Waals surface area contributed by atoms with Crippen molar-refractivity contribution in [1.29, 1.82) is 0 Å². The minimum Gasteiger partial charge on any atom is -0.322 e. The molecule has 10 heteroatoms. The summed E-state index contributed by atoms with van der Waals surface area (Å²) in [4.78, 5) is 37.3. The zero-order chi connectivity index (χ0) is 21.3. The summed E-state index contributed by atoms with van der Waals surface area (Å²) in [5.41, 5.74) is 0.0630. The van der Waals surface area contributed by atoms with Gasteiger partial charge in [0.15, 0.2) is 17.3 Å². The van der Waals surface area contributed by atoms with E-state index in [4.69, 9.17) is 11.6 Å². The second-order valence-electron chi connectivity index (χ2n) is 6.26. The Balaban J connectivity index is 1.59. The van der Waals surface area contributed by atoms with Crippen LogP contribution in [-0.2, 0) is 11.3 Å². The molecule has 1 amide bonds. The van der Waals surface area contributed by atoms with Crippen LogP contribution in [0.4, 0.5) is 14.5 Å². The van der Waals surface area contributed by atoms with Crippen molar-refractivity contribution in [3.05, 3.63) is 82.0 Å². The molecule has 0 aliphatic carbocycles. The van der Waals surface area contributed by atoms with E-state index in [-0.39, 0.29) is 27.6 Å². The Morgan fingerprint density at radius 1 is 1.10 bits per heavy atom. The van der Waals surface area contributed by atoms with Crippen molar-refractivity contribution in [2.75, 3.05) is 5.32 Å². The number of nitrogens with one attached hydrogen (secondary N) is 1. The SMILES string of the molecule is O=C(Cn1cnc2nc(-c3ccc(F)cc3)ncc2c1=O)Nc1cccc(Cl)c1F. The van der Waals surface area contributed by atoms with Crippen LogP contribution < -0.4 is 10.9 Å². The number of aromatic nitrogens is 4. The molecular weight excluding hydrogens is 416 g/mol. The van der Waals surface area contributed by atoms with Gasteiger partial charge in [-0.3, -0.25) is 14.2 Å². The second-order valence-corrected chi connectivity index (χ2v) is 6.67. The third kappa shape index (κ3) is 3.87. The maximum Gasteiger partial charge on any atom is 0.264 e. The molecule has 0 aliphatic rings. The summed E-state index contributed by atoms with van der Waals surface area (Å²) in [5.74, 6) is -1.51. The fourth-order valence-electron chi connectivity index (χ4n) is 2.75. The summed E-state index contributed by atoms with van der Waals surface area (Å²) in [6.07, 6.45) is 2.46. The van der Waals surface area contributed by atoms with Crippen LogP contribution in [0.3, 0.4) is 0 Å². The average molecular weight is 428 g/mol. The Kier molecular flexibility index (Phi) is 5.20. The number of carbonyl (C=O) groups is 1. The summed E-state index contributed by atoms with van der Waals surface area (Å²) in [7, 11) is 0. The smallest absolute Gasteiger partial charge is 0.264 e. The van der Waals surface area contributed by atoms with Gasteiger partial charge in [0.05, 0.1) is 10.7 Å². The maximum atomic E-state index is 13.9. The molecule has 0 bridgehead atoms. The van der Waals surface area contributed by atoms with Gasteiger partial charge in [0, 0.05) is 11.8 Å². The van der Waals surface area contributed by atoms with Gasteiger partial charge in [-0.25, -0.2) is 23.7 Å². The van der Waals surface area contributed by atoms with Crippen molar-refractivity contribution in [2.45, 2.75) is 6.54 Å². The quantitative estimate of drug-likeness (QED) is 0.539. The lowest BCUT2D eigenvalue weighted by Gasteiger charge is -2.09. The molecule has 2 aromatic carbocycles. The van der Waals surface area contributed by atoms with Crippen LogP contribution in [-0.4, -0.2) is 25.4 Å². The van der Waals surface area contributed by atoms with Crippen molar-refractivity contribution in [3.8, 4) is 11.4 Å². The minimum atomic E-state index is -0.766. The maximum absolute atomic E-state index is 13.9. The highest BCUT2D eigenvalue weighted by molar-refractivity contribution is 6.31. The largest absolute Gasteiger partial charge is 0.322 e. The molecule has 0 aliphatic heterocycles. The van der Waals surface area contributed by atoms with Crippen LogP contribution in [0.5, 0.6) is 0 Å². The molecule has 0 saturated carbocycles. The summed E-state index contributed by atoms with van der Waals surface area (Å²) in [6, 6.07) is 9.76. The van der Waals surface area contributed by atoms with E-state index in [1.807, 2.05) is 0 Å². The monoisotopic (exact) mass is 427 g/mol. The summed E-state index contributed by atoms with van der Waals surface area (Å²) >= 11 is 5.69. The first-order valence-electron chi connectivity index (χ1n) is 8.64. The molecule has 30 heavy (non-hydrogen) atoms. The molecule has 0 spiro atoms. The molecule has 2 heterocycles. The number of fused-ring (bicyclic) bond motifs is 1. The van der Waals surface area contributed by atoms with Gasteiger partial charge in [0.2, 0.25) is 5.91 Å². The van der Waals surface area contributed by atoms with Crippen LogP contribution in [0, 0.1) is 11.6 Å². The van der Waals surface area contributed by atoms with E-state index in [2.05, 4.69) is 20.3 Å². The third-order valence-electron chi connectivity index (χ3n) is 4.22. The van der Waals surface area contributed by atoms with Crippen LogP contribution in [0.25, 0.3) is 22.4 Å². The van der Waals surface area contributed by atoms with Crippen LogP contribution >= 0.6 is 11.6 Å². The Morgan fingerprint density at radius 2 is 1.87 bits per heavy atom. The predicted octanol–water partition coefficient (Wildman–Crippen LogP) is 3.42. The van der Waals surface area contributed by atoms with E-state index in [1.165, 1.54) is 55.0 Å². The third-order valence-corrected chi connectivity index (χ3v) is 4.51. The van der Waals surface area contributed by atoms with Crippen molar-refractivity contribution < 1.29 is 13.6 Å². The average Bonchev–Trinajstić information content (AvgIpc) is 2.74. The second kappa shape index (κ2) is 7.96. The van der Waals surface area contributed by atoms with E-state index < -0.39 is 29.6 Å². The van der Waals surface area contributed by atoms with Gasteiger partial charge in [-0.05, 0) is 36.4 Å². The van der Waals surface area contributed by atoms with Crippen LogP contribution in [0.2, 0.25) is 5.02 Å². The number of hydrogen-bond donors (Lipinski definition) is 1. The first-order valence-corrected chi connectivity index (χ1v) is 9.02. The standard InChI is InChI=1S/C20H12ClF2N5O2/c21-14-2-1-3-15(17(14)23)26-16(29)9-28-10-25-19-13(20(28)30)8-24-18(27-19)11-4-6-12(22)7-5-11/h1-8,10H,9H2,(H,26,29). The Bertz CT molecular complexity index is 1330. The van der Waals surface area contributed by atoms with Gasteiger partial charge in [-0.15, -0.1) is 0 Å². The Hall–Kier alpha value is -3.72. The minimum absolute atomic E-state index is 0.0958. The number of anilines is 1. The summed E-state index contributed by atoms with van der Waals surface area (Å²) in [6.45, 7) is -0.395. The lowest BCUT2D eigenvalue weighted by atomic mass is 10.2. The van der Waals surface area contributed by atoms with Gasteiger partial charge in [-0.1, -0.05) is 17.7 Å². The molecule has 2 aromatic heterocycles. The molecule has 4 aromatic rings. The number of rotatable bonds is 4. The van der Waals surface area contributed by atoms with Gasteiger partial charge in [0.25, 0.3) is 5.56 Å². The molecule has 0 saturated heterocycles. The first-order chi connectivity index (χ1) is 14.4. The predicted molar refractivity (Wildman–Crippen MR) is 107 cm³/mol. The summed E-state index contributed by atoms with van der Waals surface area (Å²) < 4.78 is 28.1. The number of benzene rings is 2. The number of hydrogen-bond acceptors (Lipinski definition) is 5. The van der Waals surface area contributed by atoms with Gasteiger partial charge < -0.3 is 5.32 Å². The fraction of sp³-hybridized carbons (Fsp3) is 0.0500. The number of nitrogens with zero attached hydrogens (tertiary/aromatic N) is 4. The van der Waals surface area contributed by atoms with E-state index in [0.29, 0.717) is 5.56 Å². The molecule has 150 valence electrons. The zero-order valence-electron chi connectivity index (χ0n) is 15.1. The van der Waals surface area contributed by atoms with Crippen molar-refractivity contribution >= 4 is 34.2 Å².